The van der Waals surface area contributed by atoms with Crippen molar-refractivity contribution in [3.63, 3.8) is 0 Å². The van der Waals surface area contributed by atoms with Gasteiger partial charge in [-0.2, -0.15) is 13.2 Å². The van der Waals surface area contributed by atoms with Gasteiger partial charge in [-0.3, -0.25) is 0 Å². The molecule has 0 aliphatic heterocycles. The Morgan fingerprint density at radius 2 is 1.87 bits per heavy atom. The molecule has 122 valence electrons. The Hall–Kier alpha value is -1.62. The third-order valence-electron chi connectivity index (χ3n) is 4.22. The second-order valence-corrected chi connectivity index (χ2v) is 7.12. The maximum atomic E-state index is 12.6. The third-order valence-corrected chi connectivity index (χ3v) is 5.50. The van der Waals surface area contributed by atoms with Crippen LogP contribution in [-0.2, 0) is 6.18 Å². The number of aryl methyl sites for hydroxylation is 1. The molecule has 1 aliphatic rings. The van der Waals surface area contributed by atoms with Gasteiger partial charge in [0.1, 0.15) is 5.01 Å². The fourth-order valence-corrected chi connectivity index (χ4v) is 3.93. The van der Waals surface area contributed by atoms with Crippen LogP contribution in [0.4, 0.5) is 13.2 Å². The number of benzene rings is 1. The standard InChI is InChI=1S/C18H18F3NS/c1-11-3-5-13(6-4-11)16-12(2)22-17(23-16)14-7-9-15(10-8-14)18(19,20)21/h5,7-11H,3-4,6H2,1-2H3. The van der Waals surface area contributed by atoms with Crippen molar-refractivity contribution in [1.29, 1.82) is 0 Å². The second kappa shape index (κ2) is 6.11. The van der Waals surface area contributed by atoms with E-state index in [4.69, 9.17) is 0 Å². The van der Waals surface area contributed by atoms with Crippen LogP contribution in [0.25, 0.3) is 16.1 Å². The van der Waals surface area contributed by atoms with Gasteiger partial charge >= 0.3 is 6.18 Å². The Kier molecular flexibility index (Phi) is 4.32. The molecule has 1 heterocycles. The highest BCUT2D eigenvalue weighted by atomic mass is 32.1. The molecule has 0 fully saturated rings. The van der Waals surface area contributed by atoms with E-state index in [1.54, 1.807) is 11.3 Å². The summed E-state index contributed by atoms with van der Waals surface area (Å²) in [6.45, 7) is 4.22. The molecular weight excluding hydrogens is 319 g/mol. The van der Waals surface area contributed by atoms with Crippen molar-refractivity contribution in [2.24, 2.45) is 5.92 Å². The summed E-state index contributed by atoms with van der Waals surface area (Å²) in [5, 5.41) is 0.783. The monoisotopic (exact) mass is 337 g/mol. The predicted octanol–water partition coefficient (Wildman–Crippen LogP) is 6.34. The van der Waals surface area contributed by atoms with Crippen LogP contribution in [0.3, 0.4) is 0 Å². The molecule has 23 heavy (non-hydrogen) atoms. The number of rotatable bonds is 2. The quantitative estimate of drug-likeness (QED) is 0.623. The van der Waals surface area contributed by atoms with Crippen molar-refractivity contribution in [2.75, 3.05) is 0 Å². The van der Waals surface area contributed by atoms with Crippen LogP contribution in [-0.4, -0.2) is 4.98 Å². The summed E-state index contributed by atoms with van der Waals surface area (Å²) in [7, 11) is 0. The highest BCUT2D eigenvalue weighted by molar-refractivity contribution is 7.16. The van der Waals surface area contributed by atoms with Gasteiger partial charge in [0.2, 0.25) is 0 Å². The smallest absolute Gasteiger partial charge is 0.241 e. The van der Waals surface area contributed by atoms with Crippen LogP contribution in [0.1, 0.15) is 42.3 Å². The van der Waals surface area contributed by atoms with E-state index in [-0.39, 0.29) is 0 Å². The lowest BCUT2D eigenvalue weighted by atomic mass is 9.90. The number of aromatic nitrogens is 1. The Bertz CT molecular complexity index is 726. The Morgan fingerprint density at radius 1 is 1.17 bits per heavy atom. The first-order valence-electron chi connectivity index (χ1n) is 7.69. The average Bonchev–Trinajstić information content (AvgIpc) is 2.89. The average molecular weight is 337 g/mol. The van der Waals surface area contributed by atoms with Gasteiger partial charge in [-0.1, -0.05) is 25.1 Å². The minimum atomic E-state index is -4.30. The molecule has 0 saturated carbocycles. The summed E-state index contributed by atoms with van der Waals surface area (Å²) in [4.78, 5) is 5.74. The normalized spacial score (nSPS) is 18.8. The second-order valence-electron chi connectivity index (χ2n) is 6.12. The van der Waals surface area contributed by atoms with Gasteiger partial charge in [0, 0.05) is 5.56 Å². The lowest BCUT2D eigenvalue weighted by molar-refractivity contribution is -0.137. The molecule has 0 spiro atoms. The van der Waals surface area contributed by atoms with E-state index in [2.05, 4.69) is 18.0 Å². The van der Waals surface area contributed by atoms with E-state index in [1.807, 2.05) is 6.92 Å². The lowest BCUT2D eigenvalue weighted by Crippen LogP contribution is -2.03. The summed E-state index contributed by atoms with van der Waals surface area (Å²) in [5.41, 5.74) is 2.41. The SMILES string of the molecule is Cc1nc(-c2ccc(C(F)(F)F)cc2)sc1C1=CCC(C)CC1. The van der Waals surface area contributed by atoms with Crippen LogP contribution in [0, 0.1) is 12.8 Å². The molecular formula is C18H18F3NS. The number of hydrogen-bond donors (Lipinski definition) is 0. The summed E-state index contributed by atoms with van der Waals surface area (Å²) < 4.78 is 37.9. The molecule has 0 radical (unpaired) electrons. The van der Waals surface area contributed by atoms with E-state index >= 15 is 0 Å². The minimum absolute atomic E-state index is 0.626. The van der Waals surface area contributed by atoms with Gasteiger partial charge in [0.25, 0.3) is 0 Å². The molecule has 2 aromatic rings. The molecule has 1 aromatic heterocycles. The largest absolute Gasteiger partial charge is 0.416 e. The third kappa shape index (κ3) is 3.50. The summed E-state index contributed by atoms with van der Waals surface area (Å²) in [5.74, 6) is 0.723. The molecule has 1 aliphatic carbocycles. The van der Waals surface area contributed by atoms with Gasteiger partial charge in [-0.05, 0) is 49.8 Å². The summed E-state index contributed by atoms with van der Waals surface area (Å²) in [6.07, 6.45) is 1.30. The number of allylic oxidation sites excluding steroid dienone is 2. The van der Waals surface area contributed by atoms with Gasteiger partial charge in [0.05, 0.1) is 16.1 Å². The molecule has 1 unspecified atom stereocenters. The van der Waals surface area contributed by atoms with E-state index in [0.29, 0.717) is 0 Å². The molecule has 1 aromatic carbocycles. The van der Waals surface area contributed by atoms with Crippen molar-refractivity contribution in [1.82, 2.24) is 4.98 Å². The van der Waals surface area contributed by atoms with E-state index in [1.165, 1.54) is 29.0 Å². The van der Waals surface area contributed by atoms with Crippen molar-refractivity contribution in [3.05, 3.63) is 46.5 Å². The molecule has 0 bridgehead atoms. The highest BCUT2D eigenvalue weighted by Gasteiger charge is 2.30. The van der Waals surface area contributed by atoms with Crippen molar-refractivity contribution >= 4 is 16.9 Å². The Morgan fingerprint density at radius 3 is 2.43 bits per heavy atom. The summed E-state index contributed by atoms with van der Waals surface area (Å²) >= 11 is 1.57. The van der Waals surface area contributed by atoms with Gasteiger partial charge in [-0.25, -0.2) is 4.98 Å². The number of alkyl halides is 3. The first-order chi connectivity index (χ1) is 10.8. The number of halogens is 3. The topological polar surface area (TPSA) is 12.9 Å². The zero-order valence-electron chi connectivity index (χ0n) is 13.1. The van der Waals surface area contributed by atoms with Crippen molar-refractivity contribution < 1.29 is 13.2 Å². The Balaban J connectivity index is 1.89. The molecule has 0 amide bonds. The zero-order chi connectivity index (χ0) is 16.6. The van der Waals surface area contributed by atoms with E-state index in [9.17, 15) is 13.2 Å². The molecule has 1 atom stereocenters. The molecule has 1 nitrogen and oxygen atoms in total. The highest BCUT2D eigenvalue weighted by Crippen LogP contribution is 2.38. The number of nitrogens with zero attached hydrogens (tertiary/aromatic N) is 1. The Labute approximate surface area is 137 Å². The first-order valence-corrected chi connectivity index (χ1v) is 8.50. The lowest BCUT2D eigenvalue weighted by Gasteiger charge is -2.17. The van der Waals surface area contributed by atoms with Gasteiger partial charge in [0.15, 0.2) is 0 Å². The molecule has 3 rings (SSSR count). The number of thiazole rings is 1. The van der Waals surface area contributed by atoms with E-state index in [0.717, 1.165) is 47.2 Å². The van der Waals surface area contributed by atoms with Crippen molar-refractivity contribution in [2.45, 2.75) is 39.3 Å². The molecule has 5 heteroatoms. The van der Waals surface area contributed by atoms with Gasteiger partial charge in [-0.15, -0.1) is 11.3 Å². The van der Waals surface area contributed by atoms with Crippen LogP contribution in [0.15, 0.2) is 30.3 Å². The number of hydrogen-bond acceptors (Lipinski definition) is 2. The zero-order valence-corrected chi connectivity index (χ0v) is 13.9. The maximum Gasteiger partial charge on any atom is 0.416 e. The maximum absolute atomic E-state index is 12.6. The van der Waals surface area contributed by atoms with E-state index < -0.39 is 11.7 Å². The molecule has 0 N–H and O–H groups in total. The fourth-order valence-electron chi connectivity index (χ4n) is 2.79. The predicted molar refractivity (Wildman–Crippen MR) is 88.3 cm³/mol. The van der Waals surface area contributed by atoms with Crippen LogP contribution >= 0.6 is 11.3 Å². The molecule has 0 saturated heterocycles. The van der Waals surface area contributed by atoms with Crippen LogP contribution in [0.5, 0.6) is 0 Å². The fraction of sp³-hybridized carbons (Fsp3) is 0.389. The van der Waals surface area contributed by atoms with Crippen LogP contribution in [0.2, 0.25) is 0 Å². The van der Waals surface area contributed by atoms with Crippen LogP contribution < -0.4 is 0 Å². The van der Waals surface area contributed by atoms with Gasteiger partial charge < -0.3 is 0 Å². The minimum Gasteiger partial charge on any atom is -0.241 e. The summed E-state index contributed by atoms with van der Waals surface area (Å²) in [6, 6.07) is 5.24. The first kappa shape index (κ1) is 16.2. The van der Waals surface area contributed by atoms with Crippen molar-refractivity contribution in [3.8, 4) is 10.6 Å².